The predicted molar refractivity (Wildman–Crippen MR) is 94.9 cm³/mol. The normalized spacial score (nSPS) is 15.7. The Labute approximate surface area is 136 Å². The first-order valence-electron chi connectivity index (χ1n) is 9.07. The van der Waals surface area contributed by atoms with Crippen molar-refractivity contribution in [1.82, 2.24) is 4.90 Å². The average molecular weight is 304 g/mol. The van der Waals surface area contributed by atoms with E-state index in [0.29, 0.717) is 0 Å². The molecule has 0 spiro atoms. The SMILES string of the molecule is CCCCCCOc1cccc(NCCN2CCCCC2)c1. The van der Waals surface area contributed by atoms with E-state index < -0.39 is 0 Å². The van der Waals surface area contributed by atoms with Gasteiger partial charge in [-0.3, -0.25) is 0 Å². The number of benzene rings is 1. The first-order valence-corrected chi connectivity index (χ1v) is 9.07. The summed E-state index contributed by atoms with van der Waals surface area (Å²) in [5.74, 6) is 0.986. The molecule has 1 aliphatic rings. The maximum absolute atomic E-state index is 5.84. The van der Waals surface area contributed by atoms with Gasteiger partial charge in [0.15, 0.2) is 0 Å². The van der Waals surface area contributed by atoms with Crippen molar-refractivity contribution in [1.29, 1.82) is 0 Å². The second kappa shape index (κ2) is 10.5. The highest BCUT2D eigenvalue weighted by Crippen LogP contribution is 2.18. The lowest BCUT2D eigenvalue weighted by atomic mass is 10.1. The van der Waals surface area contributed by atoms with Crippen molar-refractivity contribution in [3.8, 4) is 5.75 Å². The van der Waals surface area contributed by atoms with E-state index in [1.165, 1.54) is 57.3 Å². The van der Waals surface area contributed by atoms with Gasteiger partial charge >= 0.3 is 0 Å². The average Bonchev–Trinajstić information content (AvgIpc) is 2.56. The van der Waals surface area contributed by atoms with Crippen LogP contribution in [0.25, 0.3) is 0 Å². The molecule has 0 radical (unpaired) electrons. The summed E-state index contributed by atoms with van der Waals surface area (Å²) in [6.07, 6.45) is 9.13. The Bertz CT molecular complexity index is 402. The topological polar surface area (TPSA) is 24.5 Å². The zero-order valence-corrected chi connectivity index (χ0v) is 14.2. The zero-order chi connectivity index (χ0) is 15.5. The molecule has 1 fully saturated rings. The van der Waals surface area contributed by atoms with Gasteiger partial charge in [0.25, 0.3) is 0 Å². The Balaban J connectivity index is 1.64. The predicted octanol–water partition coefficient (Wildman–Crippen LogP) is 4.54. The minimum absolute atomic E-state index is 0.831. The van der Waals surface area contributed by atoms with Crippen LogP contribution in [0, 0.1) is 0 Å². The van der Waals surface area contributed by atoms with Crippen molar-refractivity contribution in [2.24, 2.45) is 0 Å². The third-order valence-electron chi connectivity index (χ3n) is 4.31. The molecule has 1 aromatic rings. The fourth-order valence-corrected chi connectivity index (χ4v) is 2.96. The number of nitrogens with zero attached hydrogens (tertiary/aromatic N) is 1. The number of nitrogens with one attached hydrogen (secondary N) is 1. The van der Waals surface area contributed by atoms with E-state index >= 15 is 0 Å². The van der Waals surface area contributed by atoms with Crippen LogP contribution >= 0.6 is 0 Å². The molecule has 3 heteroatoms. The molecule has 0 aliphatic carbocycles. The van der Waals surface area contributed by atoms with Crippen LogP contribution in [-0.2, 0) is 0 Å². The van der Waals surface area contributed by atoms with E-state index in [1.54, 1.807) is 0 Å². The smallest absolute Gasteiger partial charge is 0.121 e. The standard InChI is InChI=1S/C19H32N2O/c1-2-3-4-8-16-22-19-11-9-10-18(17-19)20-12-15-21-13-6-5-7-14-21/h9-11,17,20H,2-8,12-16H2,1H3. The highest BCUT2D eigenvalue weighted by molar-refractivity contribution is 5.48. The lowest BCUT2D eigenvalue weighted by Crippen LogP contribution is -2.33. The van der Waals surface area contributed by atoms with Crippen LogP contribution in [-0.4, -0.2) is 37.7 Å². The largest absolute Gasteiger partial charge is 0.494 e. The Morgan fingerprint density at radius 1 is 1.09 bits per heavy atom. The summed E-state index contributed by atoms with van der Waals surface area (Å²) in [4.78, 5) is 2.56. The summed E-state index contributed by atoms with van der Waals surface area (Å²) in [6.45, 7) is 7.75. The summed E-state index contributed by atoms with van der Waals surface area (Å²) in [6, 6.07) is 8.37. The van der Waals surface area contributed by atoms with Crippen molar-refractivity contribution in [2.75, 3.05) is 38.1 Å². The number of piperidine rings is 1. The molecule has 22 heavy (non-hydrogen) atoms. The molecule has 0 unspecified atom stereocenters. The van der Waals surface area contributed by atoms with Crippen LogP contribution < -0.4 is 10.1 Å². The Morgan fingerprint density at radius 3 is 2.77 bits per heavy atom. The highest BCUT2D eigenvalue weighted by atomic mass is 16.5. The van der Waals surface area contributed by atoms with Crippen LogP contribution in [0.3, 0.4) is 0 Å². The number of likely N-dealkylation sites (tertiary alicyclic amines) is 1. The first-order chi connectivity index (χ1) is 10.9. The summed E-state index contributed by atoms with van der Waals surface area (Å²) in [5.41, 5.74) is 1.17. The van der Waals surface area contributed by atoms with Crippen molar-refractivity contribution in [3.05, 3.63) is 24.3 Å². The Morgan fingerprint density at radius 2 is 1.95 bits per heavy atom. The lowest BCUT2D eigenvalue weighted by Gasteiger charge is -2.26. The monoisotopic (exact) mass is 304 g/mol. The van der Waals surface area contributed by atoms with Crippen molar-refractivity contribution >= 4 is 5.69 Å². The van der Waals surface area contributed by atoms with Gasteiger partial charge in [0.05, 0.1) is 6.61 Å². The molecule has 124 valence electrons. The molecular formula is C19H32N2O. The maximum Gasteiger partial charge on any atom is 0.121 e. The van der Waals surface area contributed by atoms with Gasteiger partial charge in [-0.25, -0.2) is 0 Å². The van der Waals surface area contributed by atoms with E-state index in [1.807, 2.05) is 0 Å². The molecule has 1 aliphatic heterocycles. The molecule has 1 heterocycles. The number of unbranched alkanes of at least 4 members (excludes halogenated alkanes) is 3. The molecule has 0 atom stereocenters. The van der Waals surface area contributed by atoms with Crippen LogP contribution in [0.4, 0.5) is 5.69 Å². The molecule has 1 N–H and O–H groups in total. The fourth-order valence-electron chi connectivity index (χ4n) is 2.96. The van der Waals surface area contributed by atoms with Crippen LogP contribution in [0.1, 0.15) is 51.9 Å². The number of rotatable bonds is 10. The van der Waals surface area contributed by atoms with Crippen LogP contribution in [0.15, 0.2) is 24.3 Å². The van der Waals surface area contributed by atoms with Gasteiger partial charge in [-0.2, -0.15) is 0 Å². The third-order valence-corrected chi connectivity index (χ3v) is 4.31. The number of anilines is 1. The first kappa shape index (κ1) is 17.1. The van der Waals surface area contributed by atoms with E-state index in [-0.39, 0.29) is 0 Å². The molecule has 0 bridgehead atoms. The molecule has 2 rings (SSSR count). The number of ether oxygens (including phenoxy) is 1. The van der Waals surface area contributed by atoms with Gasteiger partial charge in [-0.15, -0.1) is 0 Å². The molecule has 3 nitrogen and oxygen atoms in total. The quantitative estimate of drug-likeness (QED) is 0.642. The zero-order valence-electron chi connectivity index (χ0n) is 14.2. The summed E-state index contributed by atoms with van der Waals surface area (Å²) < 4.78 is 5.84. The molecule has 1 saturated heterocycles. The molecular weight excluding hydrogens is 272 g/mol. The van der Waals surface area contributed by atoms with Crippen molar-refractivity contribution in [2.45, 2.75) is 51.9 Å². The minimum Gasteiger partial charge on any atom is -0.494 e. The van der Waals surface area contributed by atoms with Gasteiger partial charge in [-0.05, 0) is 44.5 Å². The second-order valence-corrected chi connectivity index (χ2v) is 6.27. The van der Waals surface area contributed by atoms with E-state index in [0.717, 1.165) is 31.9 Å². The van der Waals surface area contributed by atoms with Crippen molar-refractivity contribution < 1.29 is 4.74 Å². The van der Waals surface area contributed by atoms with E-state index in [4.69, 9.17) is 4.74 Å². The van der Waals surface area contributed by atoms with Gasteiger partial charge < -0.3 is 15.0 Å². The maximum atomic E-state index is 5.84. The summed E-state index contributed by atoms with van der Waals surface area (Å²) in [7, 11) is 0. The Hall–Kier alpha value is -1.22. The number of hydrogen-bond acceptors (Lipinski definition) is 3. The summed E-state index contributed by atoms with van der Waals surface area (Å²) >= 11 is 0. The van der Waals surface area contributed by atoms with E-state index in [2.05, 4.69) is 41.4 Å². The van der Waals surface area contributed by atoms with Crippen LogP contribution in [0.5, 0.6) is 5.75 Å². The van der Waals surface area contributed by atoms with Crippen molar-refractivity contribution in [3.63, 3.8) is 0 Å². The molecule has 1 aromatic carbocycles. The molecule has 0 saturated carbocycles. The van der Waals surface area contributed by atoms with Gasteiger partial charge in [0, 0.05) is 24.8 Å². The van der Waals surface area contributed by atoms with E-state index in [9.17, 15) is 0 Å². The highest BCUT2D eigenvalue weighted by Gasteiger charge is 2.08. The molecule has 0 aromatic heterocycles. The number of hydrogen-bond donors (Lipinski definition) is 1. The van der Waals surface area contributed by atoms with Gasteiger partial charge in [-0.1, -0.05) is 38.7 Å². The Kier molecular flexibility index (Phi) is 8.18. The minimum atomic E-state index is 0.831. The second-order valence-electron chi connectivity index (χ2n) is 6.27. The third kappa shape index (κ3) is 6.69. The summed E-state index contributed by atoms with van der Waals surface area (Å²) in [5, 5.41) is 3.52. The lowest BCUT2D eigenvalue weighted by molar-refractivity contribution is 0.237. The molecule has 0 amide bonds. The van der Waals surface area contributed by atoms with Gasteiger partial charge in [0.2, 0.25) is 0 Å². The van der Waals surface area contributed by atoms with Gasteiger partial charge in [0.1, 0.15) is 5.75 Å². The van der Waals surface area contributed by atoms with Crippen LogP contribution in [0.2, 0.25) is 0 Å². The fraction of sp³-hybridized carbons (Fsp3) is 0.684.